The van der Waals surface area contributed by atoms with Gasteiger partial charge in [0.05, 0.1) is 10.5 Å². The van der Waals surface area contributed by atoms with E-state index in [0.717, 1.165) is 12.1 Å². The van der Waals surface area contributed by atoms with Crippen molar-refractivity contribution >= 4 is 11.8 Å². The third-order valence-corrected chi connectivity index (χ3v) is 2.71. The van der Waals surface area contributed by atoms with Gasteiger partial charge in [-0.3, -0.25) is 10.1 Å². The summed E-state index contributed by atoms with van der Waals surface area (Å²) in [5.74, 6) is 0. The minimum Gasteiger partial charge on any atom is -0.354 e. The summed E-state index contributed by atoms with van der Waals surface area (Å²) >= 11 is 0. The number of benzene rings is 1. The molecule has 2 rings (SSSR count). The molecule has 0 N–H and O–H groups in total. The number of aromatic nitrogens is 1. The van der Waals surface area contributed by atoms with E-state index in [0.29, 0.717) is 5.56 Å². The monoisotopic (exact) mass is 242 g/mol. The van der Waals surface area contributed by atoms with Crippen LogP contribution in [0.5, 0.6) is 0 Å². The molecule has 0 saturated carbocycles. The van der Waals surface area contributed by atoms with Gasteiger partial charge in [-0.05, 0) is 30.7 Å². The molecule has 0 unspecified atom stereocenters. The van der Waals surface area contributed by atoms with Crippen molar-refractivity contribution in [2.75, 3.05) is 0 Å². The van der Waals surface area contributed by atoms with E-state index < -0.39 is 0 Å². The van der Waals surface area contributed by atoms with Crippen LogP contribution in [0, 0.1) is 10.1 Å². The van der Waals surface area contributed by atoms with E-state index in [1.54, 1.807) is 30.3 Å². The Morgan fingerprint density at radius 2 is 2.06 bits per heavy atom. The molecule has 0 radical (unpaired) electrons. The first-order chi connectivity index (χ1) is 8.70. The van der Waals surface area contributed by atoms with Gasteiger partial charge in [-0.2, -0.15) is 0 Å². The molecule has 18 heavy (non-hydrogen) atoms. The van der Waals surface area contributed by atoms with E-state index in [1.165, 1.54) is 0 Å². The highest BCUT2D eigenvalue weighted by atomic mass is 16.6. The van der Waals surface area contributed by atoms with E-state index in [9.17, 15) is 10.1 Å². The zero-order chi connectivity index (χ0) is 13.0. The second-order valence-corrected chi connectivity index (χ2v) is 3.93. The lowest BCUT2D eigenvalue weighted by Crippen LogP contribution is -1.97. The zero-order valence-electron chi connectivity index (χ0n) is 10.1. The molecule has 0 aliphatic heterocycles. The molecule has 92 valence electrons. The molecular weight excluding hydrogens is 228 g/mol. The van der Waals surface area contributed by atoms with Crippen molar-refractivity contribution < 1.29 is 4.92 Å². The summed E-state index contributed by atoms with van der Waals surface area (Å²) in [7, 11) is 0. The molecule has 0 spiro atoms. The Hall–Kier alpha value is -2.36. The summed E-state index contributed by atoms with van der Waals surface area (Å²) in [6.45, 7) is 2.88. The van der Waals surface area contributed by atoms with Crippen LogP contribution in [0.1, 0.15) is 18.1 Å². The molecule has 0 aliphatic carbocycles. The van der Waals surface area contributed by atoms with Crippen molar-refractivity contribution in [1.29, 1.82) is 0 Å². The third-order valence-electron chi connectivity index (χ3n) is 2.71. The molecule has 0 fully saturated rings. The zero-order valence-corrected chi connectivity index (χ0v) is 10.1. The highest BCUT2D eigenvalue weighted by Gasteiger charge is 2.13. The molecule has 4 heteroatoms. The van der Waals surface area contributed by atoms with Gasteiger partial charge in [0.2, 0.25) is 0 Å². The average Bonchev–Trinajstić information content (AvgIpc) is 2.84. The minimum absolute atomic E-state index is 0.115. The standard InChI is InChI=1S/C14H14N2O2/c1-2-15-9-8-12(11-15)10-14(16(17)18)13-6-4-3-5-7-13/h3-11H,2H2,1H3. The van der Waals surface area contributed by atoms with Gasteiger partial charge in [0, 0.05) is 25.0 Å². The second kappa shape index (κ2) is 5.31. The summed E-state index contributed by atoms with van der Waals surface area (Å²) < 4.78 is 1.98. The van der Waals surface area contributed by atoms with Crippen LogP contribution in [0.15, 0.2) is 48.8 Å². The van der Waals surface area contributed by atoms with Gasteiger partial charge >= 0.3 is 0 Å². The molecule has 0 saturated heterocycles. The van der Waals surface area contributed by atoms with Crippen molar-refractivity contribution in [3.05, 3.63) is 70.0 Å². The first kappa shape index (κ1) is 12.1. The second-order valence-electron chi connectivity index (χ2n) is 3.93. The Morgan fingerprint density at radius 1 is 1.33 bits per heavy atom. The largest absolute Gasteiger partial charge is 0.354 e. The summed E-state index contributed by atoms with van der Waals surface area (Å²) in [6.07, 6.45) is 5.41. The van der Waals surface area contributed by atoms with Crippen molar-refractivity contribution in [3.8, 4) is 0 Å². The number of hydrogen-bond donors (Lipinski definition) is 0. The Balaban J connectivity index is 2.39. The van der Waals surface area contributed by atoms with Crippen LogP contribution in [0.4, 0.5) is 0 Å². The number of aryl methyl sites for hydroxylation is 1. The van der Waals surface area contributed by atoms with Crippen molar-refractivity contribution in [2.24, 2.45) is 0 Å². The summed E-state index contributed by atoms with van der Waals surface area (Å²) in [4.78, 5) is 10.8. The molecule has 2 aromatic rings. The fraction of sp³-hybridized carbons (Fsp3) is 0.143. The molecule has 0 amide bonds. The van der Waals surface area contributed by atoms with Crippen LogP contribution in [0.3, 0.4) is 0 Å². The van der Waals surface area contributed by atoms with Crippen LogP contribution in [0.25, 0.3) is 11.8 Å². The first-order valence-electron chi connectivity index (χ1n) is 5.78. The number of nitro groups is 1. The van der Waals surface area contributed by atoms with E-state index in [1.807, 2.05) is 36.0 Å². The molecule has 1 aromatic carbocycles. The highest BCUT2D eigenvalue weighted by Crippen LogP contribution is 2.18. The molecule has 1 heterocycles. The average molecular weight is 242 g/mol. The van der Waals surface area contributed by atoms with E-state index >= 15 is 0 Å². The lowest BCUT2D eigenvalue weighted by molar-refractivity contribution is -0.374. The quantitative estimate of drug-likeness (QED) is 0.610. The Morgan fingerprint density at radius 3 is 2.61 bits per heavy atom. The number of rotatable bonds is 4. The predicted molar refractivity (Wildman–Crippen MR) is 71.4 cm³/mol. The van der Waals surface area contributed by atoms with Gasteiger partial charge in [0.25, 0.3) is 5.70 Å². The maximum Gasteiger partial charge on any atom is 0.277 e. The SMILES string of the molecule is CCn1ccc(C=C(c2ccccc2)[N+](=O)[O-])c1. The van der Waals surface area contributed by atoms with Crippen molar-refractivity contribution in [1.82, 2.24) is 4.57 Å². The molecule has 0 bridgehead atoms. The predicted octanol–water partition coefficient (Wildman–Crippen LogP) is 3.28. The van der Waals surface area contributed by atoms with Crippen LogP contribution in [-0.2, 0) is 6.54 Å². The van der Waals surface area contributed by atoms with Crippen LogP contribution >= 0.6 is 0 Å². The molecule has 1 aromatic heterocycles. The molecule has 0 atom stereocenters. The number of hydrogen-bond acceptors (Lipinski definition) is 2. The van der Waals surface area contributed by atoms with E-state index in [2.05, 4.69) is 0 Å². The topological polar surface area (TPSA) is 48.1 Å². The van der Waals surface area contributed by atoms with Gasteiger partial charge in [-0.1, -0.05) is 18.2 Å². The smallest absolute Gasteiger partial charge is 0.277 e. The Bertz CT molecular complexity index is 570. The van der Waals surface area contributed by atoms with Crippen molar-refractivity contribution in [3.63, 3.8) is 0 Å². The fourth-order valence-corrected chi connectivity index (χ4v) is 1.75. The summed E-state index contributed by atoms with van der Waals surface area (Å²) in [5, 5.41) is 11.1. The lowest BCUT2D eigenvalue weighted by atomic mass is 10.1. The fourth-order valence-electron chi connectivity index (χ4n) is 1.75. The lowest BCUT2D eigenvalue weighted by Gasteiger charge is -1.98. The maximum atomic E-state index is 11.1. The van der Waals surface area contributed by atoms with E-state index in [-0.39, 0.29) is 10.6 Å². The van der Waals surface area contributed by atoms with Gasteiger partial charge < -0.3 is 4.57 Å². The molecule has 4 nitrogen and oxygen atoms in total. The Kier molecular flexibility index (Phi) is 3.57. The van der Waals surface area contributed by atoms with Crippen LogP contribution in [0.2, 0.25) is 0 Å². The summed E-state index contributed by atoms with van der Waals surface area (Å²) in [6, 6.07) is 10.8. The molecule has 0 aliphatic rings. The number of nitrogens with zero attached hydrogens (tertiary/aromatic N) is 2. The highest BCUT2D eigenvalue weighted by molar-refractivity contribution is 5.76. The molecular formula is C14H14N2O2. The third kappa shape index (κ3) is 2.66. The van der Waals surface area contributed by atoms with Gasteiger partial charge in [-0.25, -0.2) is 0 Å². The minimum atomic E-state index is -0.349. The van der Waals surface area contributed by atoms with Gasteiger partial charge in [0.15, 0.2) is 0 Å². The normalized spacial score (nSPS) is 11.5. The first-order valence-corrected chi connectivity index (χ1v) is 5.78. The Labute approximate surface area is 105 Å². The van der Waals surface area contributed by atoms with Crippen LogP contribution < -0.4 is 0 Å². The van der Waals surface area contributed by atoms with Gasteiger partial charge in [-0.15, -0.1) is 0 Å². The van der Waals surface area contributed by atoms with Crippen LogP contribution in [-0.4, -0.2) is 9.49 Å². The maximum absolute atomic E-state index is 11.1. The van der Waals surface area contributed by atoms with Crippen molar-refractivity contribution in [2.45, 2.75) is 13.5 Å². The van der Waals surface area contributed by atoms with Gasteiger partial charge in [0.1, 0.15) is 0 Å². The summed E-state index contributed by atoms with van der Waals surface area (Å²) in [5.41, 5.74) is 1.57. The van der Waals surface area contributed by atoms with E-state index in [4.69, 9.17) is 0 Å².